The third-order valence-corrected chi connectivity index (χ3v) is 6.10. The molecule has 0 radical (unpaired) electrons. The molecule has 2 saturated heterocycles. The van der Waals surface area contributed by atoms with Gasteiger partial charge in [0.05, 0.1) is 5.92 Å². The smallest absolute Gasteiger partial charge is 0.229 e. The molecule has 27 heavy (non-hydrogen) atoms. The maximum atomic E-state index is 12.6. The van der Waals surface area contributed by atoms with E-state index in [2.05, 4.69) is 20.4 Å². The molecule has 2 amide bonds. The second kappa shape index (κ2) is 7.82. The molecule has 2 aliphatic rings. The van der Waals surface area contributed by atoms with Crippen molar-refractivity contribution < 1.29 is 9.59 Å². The summed E-state index contributed by atoms with van der Waals surface area (Å²) in [6.07, 6.45) is 3.18. The Hall–Kier alpha value is -2.19. The van der Waals surface area contributed by atoms with Gasteiger partial charge in [-0.25, -0.2) is 0 Å². The van der Waals surface area contributed by atoms with E-state index in [4.69, 9.17) is 11.6 Å². The number of hydrogen-bond donors (Lipinski definition) is 1. The molecule has 1 unspecified atom stereocenters. The molecule has 0 spiro atoms. The lowest BCUT2D eigenvalue weighted by Crippen LogP contribution is -2.40. The van der Waals surface area contributed by atoms with E-state index in [1.54, 1.807) is 17.0 Å². The minimum absolute atomic E-state index is 0.0126. The topological polar surface area (TPSA) is 78.4 Å². The lowest BCUT2D eigenvalue weighted by atomic mass is 9.97. The Morgan fingerprint density at radius 1 is 1.22 bits per heavy atom. The van der Waals surface area contributed by atoms with Crippen LogP contribution in [-0.4, -0.2) is 41.6 Å². The number of nitrogens with one attached hydrogen (secondary N) is 1. The maximum absolute atomic E-state index is 12.6. The predicted molar refractivity (Wildman–Crippen MR) is 107 cm³/mol. The van der Waals surface area contributed by atoms with Gasteiger partial charge in [-0.15, -0.1) is 10.2 Å². The number of hydrogen-bond acceptors (Lipinski definition) is 6. The molecule has 4 rings (SSSR count). The van der Waals surface area contributed by atoms with E-state index >= 15 is 0 Å². The molecule has 2 aliphatic heterocycles. The summed E-state index contributed by atoms with van der Waals surface area (Å²) < 4.78 is 0. The van der Waals surface area contributed by atoms with Gasteiger partial charge in [0, 0.05) is 36.8 Å². The number of amides is 2. The highest BCUT2D eigenvalue weighted by Gasteiger charge is 2.30. The molecule has 1 N–H and O–H groups in total. The summed E-state index contributed by atoms with van der Waals surface area (Å²) in [5, 5.41) is 13.4. The van der Waals surface area contributed by atoms with Crippen molar-refractivity contribution in [3.63, 3.8) is 0 Å². The Balaban J connectivity index is 1.41. The molecule has 2 fully saturated rings. The lowest BCUT2D eigenvalue weighted by Gasteiger charge is -2.31. The fourth-order valence-corrected chi connectivity index (χ4v) is 4.59. The van der Waals surface area contributed by atoms with Crippen molar-refractivity contribution in [1.29, 1.82) is 0 Å². The van der Waals surface area contributed by atoms with Gasteiger partial charge in [0.25, 0.3) is 0 Å². The highest BCUT2D eigenvalue weighted by molar-refractivity contribution is 7.19. The molecule has 7 nitrogen and oxygen atoms in total. The number of anilines is 3. The van der Waals surface area contributed by atoms with Crippen molar-refractivity contribution in [3.8, 4) is 0 Å². The van der Waals surface area contributed by atoms with Gasteiger partial charge in [-0.1, -0.05) is 29.0 Å². The average Bonchev–Trinajstić information content (AvgIpc) is 3.30. The van der Waals surface area contributed by atoms with E-state index in [0.717, 1.165) is 30.9 Å². The molecular weight excluding hydrogens is 386 g/mol. The first-order valence-corrected chi connectivity index (χ1v) is 10.2. The fraction of sp³-hybridized carbons (Fsp3) is 0.444. The monoisotopic (exact) mass is 405 g/mol. The van der Waals surface area contributed by atoms with Crippen LogP contribution in [0, 0.1) is 5.92 Å². The third kappa shape index (κ3) is 4.06. The average molecular weight is 406 g/mol. The van der Waals surface area contributed by atoms with Crippen molar-refractivity contribution in [3.05, 3.63) is 29.3 Å². The summed E-state index contributed by atoms with van der Waals surface area (Å²) in [6, 6.07) is 7.16. The fourth-order valence-electron chi connectivity index (χ4n) is 3.47. The molecule has 9 heteroatoms. The van der Waals surface area contributed by atoms with Crippen molar-refractivity contribution in [2.24, 2.45) is 5.92 Å². The van der Waals surface area contributed by atoms with Gasteiger partial charge in [0.2, 0.25) is 22.1 Å². The van der Waals surface area contributed by atoms with Crippen LogP contribution in [0.2, 0.25) is 5.02 Å². The van der Waals surface area contributed by atoms with Crippen LogP contribution in [0.3, 0.4) is 0 Å². The summed E-state index contributed by atoms with van der Waals surface area (Å²) >= 11 is 7.40. The normalized spacial score (nSPS) is 20.2. The highest BCUT2D eigenvalue weighted by atomic mass is 35.5. The number of rotatable bonds is 4. The standard InChI is InChI=1S/C18H20ClN5O2S/c19-13-5-1-6-14(10-13)20-16(26)12-4-2-8-23(11-12)17-21-22-18(27-17)24-9-3-7-15(24)25/h1,5-6,10,12H,2-4,7-9,11H2,(H,20,26). The van der Waals surface area contributed by atoms with Crippen LogP contribution in [0.25, 0.3) is 0 Å². The van der Waals surface area contributed by atoms with Gasteiger partial charge < -0.3 is 10.2 Å². The molecule has 1 atom stereocenters. The van der Waals surface area contributed by atoms with Gasteiger partial charge in [-0.05, 0) is 37.5 Å². The molecule has 1 aromatic heterocycles. The van der Waals surface area contributed by atoms with E-state index in [9.17, 15) is 9.59 Å². The molecule has 0 bridgehead atoms. The molecular formula is C18H20ClN5O2S. The Labute approximate surface area is 166 Å². The van der Waals surface area contributed by atoms with E-state index in [1.165, 1.54) is 11.3 Å². The van der Waals surface area contributed by atoms with Crippen molar-refractivity contribution >= 4 is 50.7 Å². The Morgan fingerprint density at radius 3 is 2.85 bits per heavy atom. The zero-order valence-electron chi connectivity index (χ0n) is 14.7. The van der Waals surface area contributed by atoms with Crippen LogP contribution in [0.15, 0.2) is 24.3 Å². The zero-order chi connectivity index (χ0) is 18.8. The first-order valence-electron chi connectivity index (χ1n) is 9.05. The quantitative estimate of drug-likeness (QED) is 0.845. The van der Waals surface area contributed by atoms with Gasteiger partial charge in [0.1, 0.15) is 0 Å². The Kier molecular flexibility index (Phi) is 5.27. The Bertz CT molecular complexity index is 858. The van der Waals surface area contributed by atoms with Gasteiger partial charge >= 0.3 is 0 Å². The zero-order valence-corrected chi connectivity index (χ0v) is 16.3. The Morgan fingerprint density at radius 2 is 2.07 bits per heavy atom. The number of carbonyl (C=O) groups excluding carboxylic acids is 2. The predicted octanol–water partition coefficient (Wildman–Crippen LogP) is 3.17. The summed E-state index contributed by atoms with van der Waals surface area (Å²) in [5.74, 6) is -0.0324. The number of carbonyl (C=O) groups is 2. The van der Waals surface area contributed by atoms with Crippen molar-refractivity contribution in [1.82, 2.24) is 10.2 Å². The van der Waals surface area contributed by atoms with Crippen LogP contribution in [0.1, 0.15) is 25.7 Å². The number of aromatic nitrogens is 2. The first kappa shape index (κ1) is 18.2. The van der Waals surface area contributed by atoms with Crippen LogP contribution < -0.4 is 15.1 Å². The lowest BCUT2D eigenvalue weighted by molar-refractivity contribution is -0.120. The van der Waals surface area contributed by atoms with E-state index in [-0.39, 0.29) is 17.7 Å². The van der Waals surface area contributed by atoms with Gasteiger partial charge in [-0.2, -0.15) is 0 Å². The summed E-state index contributed by atoms with van der Waals surface area (Å²) in [5.41, 5.74) is 0.704. The van der Waals surface area contributed by atoms with Crippen molar-refractivity contribution in [2.45, 2.75) is 25.7 Å². The highest BCUT2D eigenvalue weighted by Crippen LogP contribution is 2.32. The number of nitrogens with zero attached hydrogens (tertiary/aromatic N) is 4. The molecule has 0 saturated carbocycles. The van der Waals surface area contributed by atoms with Gasteiger partial charge in [-0.3, -0.25) is 14.5 Å². The third-order valence-electron chi connectivity index (χ3n) is 4.86. The number of piperidine rings is 1. The number of benzene rings is 1. The largest absolute Gasteiger partial charge is 0.346 e. The second-order valence-electron chi connectivity index (χ2n) is 6.80. The maximum Gasteiger partial charge on any atom is 0.229 e. The summed E-state index contributed by atoms with van der Waals surface area (Å²) in [6.45, 7) is 2.14. The second-order valence-corrected chi connectivity index (χ2v) is 8.17. The van der Waals surface area contributed by atoms with E-state index in [0.29, 0.717) is 35.4 Å². The molecule has 0 aliphatic carbocycles. The van der Waals surface area contributed by atoms with E-state index in [1.807, 2.05) is 12.1 Å². The summed E-state index contributed by atoms with van der Waals surface area (Å²) in [4.78, 5) is 28.3. The molecule has 2 aromatic rings. The van der Waals surface area contributed by atoms with Crippen LogP contribution in [-0.2, 0) is 9.59 Å². The minimum atomic E-state index is -0.126. The minimum Gasteiger partial charge on any atom is -0.346 e. The van der Waals surface area contributed by atoms with Gasteiger partial charge in [0.15, 0.2) is 0 Å². The number of halogens is 1. The summed E-state index contributed by atoms with van der Waals surface area (Å²) in [7, 11) is 0. The van der Waals surface area contributed by atoms with E-state index < -0.39 is 0 Å². The first-order chi connectivity index (χ1) is 13.1. The van der Waals surface area contributed by atoms with Crippen LogP contribution >= 0.6 is 22.9 Å². The SMILES string of the molecule is O=C(Nc1cccc(Cl)c1)C1CCCN(c2nnc(N3CCCC3=O)s2)C1. The van der Waals surface area contributed by atoms with Crippen LogP contribution in [0.4, 0.5) is 16.0 Å². The molecule has 3 heterocycles. The molecule has 142 valence electrons. The molecule has 1 aromatic carbocycles. The van der Waals surface area contributed by atoms with Crippen LogP contribution in [0.5, 0.6) is 0 Å². The van der Waals surface area contributed by atoms with Crippen molar-refractivity contribution in [2.75, 3.05) is 34.8 Å².